The van der Waals surface area contributed by atoms with Gasteiger partial charge >= 0.3 is 0 Å². The second kappa shape index (κ2) is 6.97. The van der Waals surface area contributed by atoms with E-state index in [1.165, 1.54) is 38.5 Å². The fourth-order valence-corrected chi connectivity index (χ4v) is 7.02. The van der Waals surface area contributed by atoms with Gasteiger partial charge in [-0.15, -0.1) is 10.2 Å². The molecule has 0 saturated heterocycles. The Bertz CT molecular complexity index is 891. The van der Waals surface area contributed by atoms with Crippen LogP contribution >= 0.6 is 11.3 Å². The van der Waals surface area contributed by atoms with Crippen LogP contribution < -0.4 is 5.32 Å². The molecule has 0 unspecified atom stereocenters. The second-order valence-corrected chi connectivity index (χ2v) is 9.94. The molecule has 1 aromatic carbocycles. The third kappa shape index (κ3) is 3.33. The van der Waals surface area contributed by atoms with E-state index in [1.54, 1.807) is 23.5 Å². The number of hydrogen-bond acceptors (Lipinski definition) is 5. The van der Waals surface area contributed by atoms with Crippen molar-refractivity contribution in [3.8, 4) is 6.07 Å². The highest BCUT2D eigenvalue weighted by atomic mass is 32.1. The fourth-order valence-electron chi connectivity index (χ4n) is 6.05. The lowest BCUT2D eigenvalue weighted by molar-refractivity contribution is -0.116. The number of carbonyl (C=O) groups excluding carboxylic acids is 1. The van der Waals surface area contributed by atoms with Crippen LogP contribution in [-0.2, 0) is 16.6 Å². The first kappa shape index (κ1) is 17.8. The minimum Gasteiger partial charge on any atom is -0.301 e. The summed E-state index contributed by atoms with van der Waals surface area (Å²) in [6, 6.07) is 9.49. The number of amides is 1. The number of nitriles is 1. The van der Waals surface area contributed by atoms with E-state index in [4.69, 9.17) is 5.26 Å². The average molecular weight is 393 g/mol. The largest absolute Gasteiger partial charge is 0.301 e. The molecule has 0 radical (unpaired) electrons. The number of aryl methyl sites for hydroxylation is 1. The van der Waals surface area contributed by atoms with E-state index in [9.17, 15) is 4.79 Å². The molecule has 1 N–H and O–H groups in total. The lowest BCUT2D eigenvalue weighted by atomic mass is 9.50. The van der Waals surface area contributed by atoms with E-state index in [-0.39, 0.29) is 11.3 Å². The van der Waals surface area contributed by atoms with Gasteiger partial charge in [0.2, 0.25) is 11.0 Å². The average Bonchev–Trinajstić information content (AvgIpc) is 3.15. The number of nitrogens with one attached hydrogen (secondary N) is 1. The number of benzene rings is 1. The molecule has 4 bridgehead atoms. The Labute approximate surface area is 169 Å². The number of anilines is 1. The van der Waals surface area contributed by atoms with E-state index in [0.717, 1.165) is 28.3 Å². The summed E-state index contributed by atoms with van der Waals surface area (Å²) in [5.41, 5.74) is 1.93. The van der Waals surface area contributed by atoms with Gasteiger partial charge in [0.15, 0.2) is 0 Å². The zero-order valence-corrected chi connectivity index (χ0v) is 16.7. The van der Waals surface area contributed by atoms with Crippen molar-refractivity contribution >= 4 is 22.4 Å². The standard InChI is InChI=1S/C22H24N4OS/c23-13-15-3-1-14(2-4-15)5-6-19(27)24-21-26-25-20(28-21)22-10-16-7-17(11-22)9-18(8-16)12-22/h1-4,16-18H,5-12H2,(H,24,26,27). The maximum absolute atomic E-state index is 12.3. The van der Waals surface area contributed by atoms with Crippen LogP contribution in [0.1, 0.15) is 61.1 Å². The van der Waals surface area contributed by atoms with E-state index in [2.05, 4.69) is 21.6 Å². The van der Waals surface area contributed by atoms with E-state index < -0.39 is 0 Å². The molecule has 0 aliphatic heterocycles. The van der Waals surface area contributed by atoms with Gasteiger partial charge in [-0.05, 0) is 80.4 Å². The number of aromatic nitrogens is 2. The van der Waals surface area contributed by atoms with Gasteiger partial charge in [-0.1, -0.05) is 23.5 Å². The zero-order valence-electron chi connectivity index (χ0n) is 15.9. The molecule has 0 spiro atoms. The molecule has 4 fully saturated rings. The van der Waals surface area contributed by atoms with Crippen LogP contribution in [0, 0.1) is 29.1 Å². The summed E-state index contributed by atoms with van der Waals surface area (Å²) in [5, 5.41) is 22.4. The lowest BCUT2D eigenvalue weighted by Crippen LogP contribution is -2.48. The maximum Gasteiger partial charge on any atom is 0.226 e. The zero-order chi connectivity index (χ0) is 19.1. The Balaban J connectivity index is 1.21. The van der Waals surface area contributed by atoms with Crippen LogP contribution in [0.5, 0.6) is 0 Å². The molecule has 1 amide bonds. The molecule has 2 aromatic rings. The Hall–Kier alpha value is -2.26. The van der Waals surface area contributed by atoms with Crippen LogP contribution in [0.2, 0.25) is 0 Å². The van der Waals surface area contributed by atoms with Crippen molar-refractivity contribution < 1.29 is 4.79 Å². The molecule has 6 heteroatoms. The molecular formula is C22H24N4OS. The first-order valence-corrected chi connectivity index (χ1v) is 11.1. The minimum absolute atomic E-state index is 0.0300. The summed E-state index contributed by atoms with van der Waals surface area (Å²) in [7, 11) is 0. The molecule has 4 aliphatic carbocycles. The number of nitrogens with zero attached hydrogens (tertiary/aromatic N) is 3. The number of carbonyl (C=O) groups is 1. The summed E-state index contributed by atoms with van der Waals surface area (Å²) < 4.78 is 0. The highest BCUT2D eigenvalue weighted by Gasteiger charge is 2.53. The summed E-state index contributed by atoms with van der Waals surface area (Å²) in [6.07, 6.45) is 9.09. The number of hydrogen-bond donors (Lipinski definition) is 1. The summed E-state index contributed by atoms with van der Waals surface area (Å²) in [6.45, 7) is 0. The van der Waals surface area contributed by atoms with Crippen molar-refractivity contribution in [1.29, 1.82) is 5.26 Å². The van der Waals surface area contributed by atoms with Crippen LogP contribution in [-0.4, -0.2) is 16.1 Å². The van der Waals surface area contributed by atoms with Crippen LogP contribution in [0.4, 0.5) is 5.13 Å². The maximum atomic E-state index is 12.3. The summed E-state index contributed by atoms with van der Waals surface area (Å²) >= 11 is 1.59. The Morgan fingerprint density at radius 1 is 1.11 bits per heavy atom. The SMILES string of the molecule is N#Cc1ccc(CCC(=O)Nc2nnc(C34CC5CC(CC(C5)C3)C4)s2)cc1. The highest BCUT2D eigenvalue weighted by molar-refractivity contribution is 7.15. The molecule has 4 saturated carbocycles. The third-order valence-corrected chi connectivity index (χ3v) is 7.97. The molecule has 0 atom stereocenters. The Kier molecular flexibility index (Phi) is 4.43. The van der Waals surface area contributed by atoms with Gasteiger partial charge < -0.3 is 5.32 Å². The first-order chi connectivity index (χ1) is 13.6. The predicted molar refractivity (Wildman–Crippen MR) is 108 cm³/mol. The smallest absolute Gasteiger partial charge is 0.226 e. The van der Waals surface area contributed by atoms with Crippen molar-refractivity contribution in [3.63, 3.8) is 0 Å². The van der Waals surface area contributed by atoms with Gasteiger partial charge in [-0.25, -0.2) is 0 Å². The Morgan fingerprint density at radius 3 is 2.36 bits per heavy atom. The lowest BCUT2D eigenvalue weighted by Gasteiger charge is -2.55. The van der Waals surface area contributed by atoms with Gasteiger partial charge in [-0.2, -0.15) is 5.26 Å². The minimum atomic E-state index is -0.0300. The topological polar surface area (TPSA) is 78.7 Å². The van der Waals surface area contributed by atoms with Gasteiger partial charge in [0, 0.05) is 11.8 Å². The summed E-state index contributed by atoms with van der Waals surface area (Å²) in [4.78, 5) is 12.3. The molecule has 144 valence electrons. The molecule has 1 aromatic heterocycles. The molecule has 6 rings (SSSR count). The predicted octanol–water partition coefficient (Wildman–Crippen LogP) is 4.45. The Morgan fingerprint density at radius 2 is 1.75 bits per heavy atom. The van der Waals surface area contributed by atoms with E-state index >= 15 is 0 Å². The molecule has 4 aliphatic rings. The van der Waals surface area contributed by atoms with Crippen molar-refractivity contribution in [2.24, 2.45) is 17.8 Å². The molecule has 5 nitrogen and oxygen atoms in total. The van der Waals surface area contributed by atoms with Crippen molar-refractivity contribution in [2.75, 3.05) is 5.32 Å². The number of rotatable bonds is 5. The highest BCUT2D eigenvalue weighted by Crippen LogP contribution is 2.61. The molecule has 28 heavy (non-hydrogen) atoms. The van der Waals surface area contributed by atoms with Gasteiger partial charge in [0.25, 0.3) is 0 Å². The monoisotopic (exact) mass is 392 g/mol. The molecule has 1 heterocycles. The normalized spacial score (nSPS) is 30.2. The fraction of sp³-hybridized carbons (Fsp3) is 0.545. The van der Waals surface area contributed by atoms with Crippen molar-refractivity contribution in [2.45, 2.75) is 56.8 Å². The van der Waals surface area contributed by atoms with Gasteiger partial charge in [0.05, 0.1) is 11.6 Å². The first-order valence-electron chi connectivity index (χ1n) is 10.2. The van der Waals surface area contributed by atoms with Crippen molar-refractivity contribution in [1.82, 2.24) is 10.2 Å². The van der Waals surface area contributed by atoms with Crippen LogP contribution in [0.3, 0.4) is 0 Å². The van der Waals surface area contributed by atoms with E-state index in [0.29, 0.717) is 23.5 Å². The van der Waals surface area contributed by atoms with Crippen LogP contribution in [0.15, 0.2) is 24.3 Å². The third-order valence-electron chi connectivity index (χ3n) is 6.89. The van der Waals surface area contributed by atoms with Gasteiger partial charge in [-0.3, -0.25) is 4.79 Å². The quantitative estimate of drug-likeness (QED) is 0.815. The van der Waals surface area contributed by atoms with Gasteiger partial charge in [0.1, 0.15) is 5.01 Å². The van der Waals surface area contributed by atoms with Crippen molar-refractivity contribution in [3.05, 3.63) is 40.4 Å². The van der Waals surface area contributed by atoms with E-state index in [1.807, 2.05) is 12.1 Å². The summed E-state index contributed by atoms with van der Waals surface area (Å²) in [5.74, 6) is 2.60. The molecular weight excluding hydrogens is 368 g/mol. The second-order valence-electron chi connectivity index (χ2n) is 8.97. The van der Waals surface area contributed by atoms with Crippen LogP contribution in [0.25, 0.3) is 0 Å².